The largest absolute Gasteiger partial charge is 0.481 e. The summed E-state index contributed by atoms with van der Waals surface area (Å²) < 4.78 is 9.29. The Hall–Kier alpha value is -3.17. The van der Waals surface area contributed by atoms with Gasteiger partial charge in [-0.3, -0.25) is 0 Å². The number of anilines is 2. The molecule has 0 saturated carbocycles. The van der Waals surface area contributed by atoms with E-state index in [9.17, 15) is 0 Å². The van der Waals surface area contributed by atoms with Gasteiger partial charge in [0.2, 0.25) is 11.8 Å². The molecule has 0 radical (unpaired) electrons. The molecule has 10 heteroatoms. The second-order valence-corrected chi connectivity index (χ2v) is 6.68. The first-order valence-corrected chi connectivity index (χ1v) is 8.91. The Labute approximate surface area is 157 Å². The normalized spacial score (nSPS) is 17.3. The monoisotopic (exact) mass is 369 g/mol. The van der Waals surface area contributed by atoms with Crippen molar-refractivity contribution < 1.29 is 4.74 Å². The Kier molecular flexibility index (Phi) is 4.61. The lowest BCUT2D eigenvalue weighted by Gasteiger charge is -2.33. The van der Waals surface area contributed by atoms with Gasteiger partial charge in [-0.15, -0.1) is 10.2 Å². The second-order valence-electron chi connectivity index (χ2n) is 6.68. The predicted octanol–water partition coefficient (Wildman–Crippen LogP) is 0.825. The van der Waals surface area contributed by atoms with Crippen molar-refractivity contribution >= 4 is 11.8 Å². The highest BCUT2D eigenvalue weighted by molar-refractivity contribution is 5.46. The van der Waals surface area contributed by atoms with Gasteiger partial charge >= 0.3 is 0 Å². The minimum atomic E-state index is 0.216. The van der Waals surface area contributed by atoms with E-state index in [1.54, 1.807) is 19.6 Å². The third-order valence-electron chi connectivity index (χ3n) is 4.91. The summed E-state index contributed by atoms with van der Waals surface area (Å²) in [7, 11) is 3.60. The van der Waals surface area contributed by atoms with Gasteiger partial charge in [0.25, 0.3) is 0 Å². The summed E-state index contributed by atoms with van der Waals surface area (Å²) in [4.78, 5) is 14.7. The Bertz CT molecular complexity index is 905. The summed E-state index contributed by atoms with van der Waals surface area (Å²) in [6.07, 6.45) is 7.57. The lowest BCUT2D eigenvalue weighted by molar-refractivity contribution is 0.397. The van der Waals surface area contributed by atoms with Crippen molar-refractivity contribution in [2.75, 3.05) is 30.8 Å². The quantitative estimate of drug-likeness (QED) is 0.703. The van der Waals surface area contributed by atoms with Gasteiger partial charge in [0.1, 0.15) is 11.6 Å². The van der Waals surface area contributed by atoms with Crippen LogP contribution < -0.4 is 15.4 Å². The van der Waals surface area contributed by atoms with Gasteiger partial charge in [-0.25, -0.2) is 4.98 Å². The molecule has 1 fully saturated rings. The van der Waals surface area contributed by atoms with E-state index in [0.717, 1.165) is 43.4 Å². The summed E-state index contributed by atoms with van der Waals surface area (Å²) in [6.45, 7) is 2.37. The fourth-order valence-corrected chi connectivity index (χ4v) is 3.50. The predicted molar refractivity (Wildman–Crippen MR) is 99.5 cm³/mol. The van der Waals surface area contributed by atoms with Crippen LogP contribution in [0.5, 0.6) is 5.88 Å². The average Bonchev–Trinajstić information content (AvgIpc) is 3.32. The fraction of sp³-hybridized carbons (Fsp3) is 0.471. The molecule has 0 aromatic carbocycles. The van der Waals surface area contributed by atoms with E-state index in [0.29, 0.717) is 12.4 Å². The van der Waals surface area contributed by atoms with E-state index >= 15 is 0 Å². The maximum absolute atomic E-state index is 5.82. The second kappa shape index (κ2) is 7.22. The first kappa shape index (κ1) is 17.3. The van der Waals surface area contributed by atoms with E-state index < -0.39 is 0 Å². The highest BCUT2D eigenvalue weighted by Gasteiger charge is 2.27. The number of ether oxygens (including phenoxy) is 1. The lowest BCUT2D eigenvalue weighted by Crippen LogP contribution is -2.36. The number of imidazole rings is 1. The Morgan fingerprint density at radius 2 is 2.19 bits per heavy atom. The minimum absolute atomic E-state index is 0.216. The molecule has 1 atom stereocenters. The lowest BCUT2D eigenvalue weighted by atomic mass is 9.97. The number of aromatic nitrogens is 7. The van der Waals surface area contributed by atoms with Crippen molar-refractivity contribution in [1.82, 2.24) is 34.3 Å². The molecular weight excluding hydrogens is 346 g/mol. The van der Waals surface area contributed by atoms with Crippen LogP contribution >= 0.6 is 0 Å². The van der Waals surface area contributed by atoms with Crippen LogP contribution in [0.4, 0.5) is 11.8 Å². The molecule has 0 amide bonds. The first-order chi connectivity index (χ1) is 13.1. The van der Waals surface area contributed by atoms with Crippen LogP contribution in [0.25, 0.3) is 0 Å². The zero-order valence-electron chi connectivity index (χ0n) is 15.5. The number of nitrogens with zero attached hydrogens (tertiary/aromatic N) is 8. The van der Waals surface area contributed by atoms with Gasteiger partial charge < -0.3 is 24.5 Å². The number of rotatable bonds is 5. The molecule has 3 aromatic rings. The fourth-order valence-electron chi connectivity index (χ4n) is 3.50. The highest BCUT2D eigenvalue weighted by Crippen LogP contribution is 2.29. The topological polar surface area (TPSA) is 113 Å². The van der Waals surface area contributed by atoms with Crippen LogP contribution in [0.2, 0.25) is 0 Å². The standard InChI is InChI=1S/C17H23N9O/c1-24-14(10-25-7-5-19-11-25)22-23-16(24)12-4-3-6-26(9-12)13-8-15(27-2)21-17(18)20-13/h5,7-8,11-12H,3-4,6,9-10H2,1-2H3,(H2,18,20,21). The summed E-state index contributed by atoms with van der Waals surface area (Å²) in [6, 6.07) is 1.82. The molecule has 142 valence electrons. The number of nitrogens with two attached hydrogens (primary N) is 1. The van der Waals surface area contributed by atoms with Crippen molar-refractivity contribution in [3.8, 4) is 5.88 Å². The molecule has 27 heavy (non-hydrogen) atoms. The van der Waals surface area contributed by atoms with Gasteiger partial charge in [-0.05, 0) is 12.8 Å². The third-order valence-corrected chi connectivity index (χ3v) is 4.91. The van der Waals surface area contributed by atoms with Crippen LogP contribution in [0.15, 0.2) is 24.8 Å². The summed E-state index contributed by atoms with van der Waals surface area (Å²) in [5.41, 5.74) is 5.82. The van der Waals surface area contributed by atoms with Gasteiger partial charge in [0.05, 0.1) is 20.0 Å². The van der Waals surface area contributed by atoms with E-state index in [4.69, 9.17) is 10.5 Å². The zero-order chi connectivity index (χ0) is 18.8. The van der Waals surface area contributed by atoms with E-state index in [1.165, 1.54) is 0 Å². The average molecular weight is 369 g/mol. The molecule has 0 bridgehead atoms. The van der Waals surface area contributed by atoms with Crippen molar-refractivity contribution in [2.45, 2.75) is 25.3 Å². The van der Waals surface area contributed by atoms with Crippen LogP contribution in [-0.2, 0) is 13.6 Å². The third kappa shape index (κ3) is 3.55. The highest BCUT2D eigenvalue weighted by atomic mass is 16.5. The molecule has 3 aromatic heterocycles. The Balaban J connectivity index is 1.53. The molecule has 4 rings (SSSR count). The van der Waals surface area contributed by atoms with Crippen LogP contribution in [0.1, 0.15) is 30.4 Å². The summed E-state index contributed by atoms with van der Waals surface area (Å²) in [5.74, 6) is 3.64. The maximum Gasteiger partial charge on any atom is 0.225 e. The van der Waals surface area contributed by atoms with Crippen LogP contribution in [-0.4, -0.2) is 54.5 Å². The van der Waals surface area contributed by atoms with Gasteiger partial charge in [-0.2, -0.15) is 9.97 Å². The van der Waals surface area contributed by atoms with Crippen molar-refractivity contribution in [2.24, 2.45) is 7.05 Å². The molecule has 0 aliphatic carbocycles. The Morgan fingerprint density at radius 1 is 1.30 bits per heavy atom. The van der Waals surface area contributed by atoms with E-state index in [2.05, 4.69) is 34.6 Å². The molecule has 1 aliphatic heterocycles. The summed E-state index contributed by atoms with van der Waals surface area (Å²) in [5, 5.41) is 8.86. The van der Waals surface area contributed by atoms with Gasteiger partial charge in [-0.1, -0.05) is 0 Å². The molecular formula is C17H23N9O. The molecule has 0 spiro atoms. The zero-order valence-corrected chi connectivity index (χ0v) is 15.5. The van der Waals surface area contributed by atoms with E-state index in [-0.39, 0.29) is 11.9 Å². The number of hydrogen-bond donors (Lipinski definition) is 1. The molecule has 10 nitrogen and oxygen atoms in total. The first-order valence-electron chi connectivity index (χ1n) is 8.91. The Morgan fingerprint density at radius 3 is 2.96 bits per heavy atom. The number of nitrogen functional groups attached to an aromatic ring is 1. The molecule has 1 unspecified atom stereocenters. The van der Waals surface area contributed by atoms with Gasteiger partial charge in [0.15, 0.2) is 5.82 Å². The minimum Gasteiger partial charge on any atom is -0.481 e. The molecule has 1 aliphatic rings. The molecule has 4 heterocycles. The molecule has 1 saturated heterocycles. The summed E-state index contributed by atoms with van der Waals surface area (Å²) >= 11 is 0. The van der Waals surface area contributed by atoms with Crippen molar-refractivity contribution in [3.63, 3.8) is 0 Å². The van der Waals surface area contributed by atoms with Gasteiger partial charge in [0, 0.05) is 44.5 Å². The smallest absolute Gasteiger partial charge is 0.225 e. The number of hydrogen-bond acceptors (Lipinski definition) is 8. The van der Waals surface area contributed by atoms with E-state index in [1.807, 2.05) is 23.9 Å². The van der Waals surface area contributed by atoms with Crippen LogP contribution in [0.3, 0.4) is 0 Å². The molecule has 2 N–H and O–H groups in total. The number of methoxy groups -OCH3 is 1. The number of piperidine rings is 1. The maximum atomic E-state index is 5.82. The van der Waals surface area contributed by atoms with Crippen LogP contribution in [0, 0.1) is 0 Å². The van der Waals surface area contributed by atoms with Crippen molar-refractivity contribution in [3.05, 3.63) is 36.4 Å². The SMILES string of the molecule is COc1cc(N2CCCC(c3nnc(Cn4ccnc4)n3C)C2)nc(N)n1. The van der Waals surface area contributed by atoms with Crippen molar-refractivity contribution in [1.29, 1.82) is 0 Å².